The number of hydrogen-bond donors (Lipinski definition) is 0. The third kappa shape index (κ3) is 1.96. The molecule has 0 saturated heterocycles. The average molecular weight is 312 g/mol. The second-order valence-corrected chi connectivity index (χ2v) is 6.07. The van der Waals surface area contributed by atoms with Crippen LogP contribution in [-0.2, 0) is 0 Å². The van der Waals surface area contributed by atoms with Crippen molar-refractivity contribution in [3.05, 3.63) is 85.0 Å². The van der Waals surface area contributed by atoms with Crippen LogP contribution in [0.25, 0.3) is 21.5 Å². The van der Waals surface area contributed by atoms with Crippen molar-refractivity contribution in [3.63, 3.8) is 0 Å². The van der Waals surface area contributed by atoms with Crippen LogP contribution in [0.3, 0.4) is 0 Å². The summed E-state index contributed by atoms with van der Waals surface area (Å²) in [6.07, 6.45) is 11.9. The predicted molar refractivity (Wildman–Crippen MR) is 97.7 cm³/mol. The molecule has 0 fully saturated rings. The summed E-state index contributed by atoms with van der Waals surface area (Å²) in [5, 5.41) is 4.58. The normalized spacial score (nSPS) is 25.5. The Hall–Kier alpha value is -3.00. The van der Waals surface area contributed by atoms with Gasteiger partial charge in [0.25, 0.3) is 0 Å². The van der Waals surface area contributed by atoms with Gasteiger partial charge in [0.05, 0.1) is 0 Å². The summed E-state index contributed by atoms with van der Waals surface area (Å²) in [5.74, 6) is 1.68. The first-order valence-corrected chi connectivity index (χ1v) is 8.20. The van der Waals surface area contributed by atoms with E-state index in [-0.39, 0.29) is 12.2 Å². The molecule has 0 amide bonds. The maximum Gasteiger partial charge on any atom is 0.170 e. The lowest BCUT2D eigenvalue weighted by atomic mass is 9.98. The van der Waals surface area contributed by atoms with Gasteiger partial charge in [0, 0.05) is 10.8 Å². The van der Waals surface area contributed by atoms with Gasteiger partial charge in [-0.3, -0.25) is 0 Å². The molecule has 24 heavy (non-hydrogen) atoms. The van der Waals surface area contributed by atoms with Gasteiger partial charge in [-0.1, -0.05) is 72.8 Å². The summed E-state index contributed by atoms with van der Waals surface area (Å²) < 4.78 is 12.8. The van der Waals surface area contributed by atoms with Crippen LogP contribution in [0.4, 0.5) is 0 Å². The lowest BCUT2D eigenvalue weighted by Crippen LogP contribution is -2.37. The number of fused-ring (bicyclic) bond motifs is 7. The Morgan fingerprint density at radius 3 is 1.38 bits per heavy atom. The Bertz CT molecular complexity index is 944. The van der Waals surface area contributed by atoms with Crippen LogP contribution in [0.2, 0.25) is 0 Å². The van der Waals surface area contributed by atoms with E-state index in [1.807, 2.05) is 36.4 Å². The van der Waals surface area contributed by atoms with Crippen molar-refractivity contribution in [2.75, 3.05) is 0 Å². The Kier molecular flexibility index (Phi) is 2.95. The van der Waals surface area contributed by atoms with Crippen LogP contribution < -0.4 is 9.47 Å². The Morgan fingerprint density at radius 1 is 0.500 bits per heavy atom. The minimum absolute atomic E-state index is 0.122. The molecule has 3 aromatic carbocycles. The van der Waals surface area contributed by atoms with Gasteiger partial charge in [0.15, 0.2) is 23.7 Å². The molecule has 0 spiro atoms. The maximum atomic E-state index is 6.40. The van der Waals surface area contributed by atoms with Crippen LogP contribution in [0, 0.1) is 0 Å². The zero-order chi connectivity index (χ0) is 15.9. The molecule has 1 aliphatic carbocycles. The van der Waals surface area contributed by atoms with Crippen molar-refractivity contribution < 1.29 is 9.47 Å². The van der Waals surface area contributed by atoms with Gasteiger partial charge in [-0.2, -0.15) is 0 Å². The molecule has 2 aliphatic rings. The highest BCUT2D eigenvalue weighted by Crippen LogP contribution is 2.47. The average Bonchev–Trinajstić information content (AvgIpc) is 2.62. The minimum Gasteiger partial charge on any atom is -0.478 e. The van der Waals surface area contributed by atoms with Crippen molar-refractivity contribution >= 4 is 21.5 Å². The summed E-state index contributed by atoms with van der Waals surface area (Å²) in [6.45, 7) is 0. The topological polar surface area (TPSA) is 18.5 Å². The highest BCUT2D eigenvalue weighted by atomic mass is 16.6. The van der Waals surface area contributed by atoms with Crippen LogP contribution in [-0.4, -0.2) is 12.2 Å². The first kappa shape index (κ1) is 13.4. The van der Waals surface area contributed by atoms with Crippen LogP contribution >= 0.6 is 0 Å². The number of ether oxygens (including phenoxy) is 2. The largest absolute Gasteiger partial charge is 0.478 e. The highest BCUT2D eigenvalue weighted by Gasteiger charge is 2.31. The quantitative estimate of drug-likeness (QED) is 0.532. The molecular formula is C22H16O2. The molecule has 1 aliphatic heterocycles. The van der Waals surface area contributed by atoms with Gasteiger partial charge in [0.2, 0.25) is 0 Å². The zero-order valence-corrected chi connectivity index (χ0v) is 13.1. The second-order valence-electron chi connectivity index (χ2n) is 6.07. The fourth-order valence-electron chi connectivity index (χ4n) is 3.49. The molecule has 2 unspecified atom stereocenters. The van der Waals surface area contributed by atoms with Gasteiger partial charge < -0.3 is 9.47 Å². The van der Waals surface area contributed by atoms with Gasteiger partial charge in [0.1, 0.15) is 0 Å². The minimum atomic E-state index is -0.122. The summed E-state index contributed by atoms with van der Waals surface area (Å²) >= 11 is 0. The molecule has 0 radical (unpaired) electrons. The molecule has 2 heteroatoms. The Balaban J connectivity index is 1.82. The fraction of sp³-hybridized carbons (Fsp3) is 0.0909. The molecule has 3 aromatic rings. The predicted octanol–water partition coefficient (Wildman–Crippen LogP) is 5.18. The molecule has 0 saturated carbocycles. The van der Waals surface area contributed by atoms with Crippen LogP contribution in [0.1, 0.15) is 0 Å². The summed E-state index contributed by atoms with van der Waals surface area (Å²) in [7, 11) is 0. The Morgan fingerprint density at radius 2 is 0.917 bits per heavy atom. The smallest absolute Gasteiger partial charge is 0.170 e. The Labute approximate surface area is 140 Å². The van der Waals surface area contributed by atoms with E-state index in [1.54, 1.807) is 0 Å². The molecule has 2 nitrogen and oxygen atoms in total. The standard InChI is InChI=1S/C22H16O2/c1-2-4-14-20-19(13-3-1)23-21-17-11-7-5-9-15(17)16-10-6-8-12-18(16)22(21)24-20/h1-14,19-20H/b2-1-,13-3-,14-4-. The van der Waals surface area contributed by atoms with Gasteiger partial charge in [-0.15, -0.1) is 0 Å². The number of hydrogen-bond acceptors (Lipinski definition) is 2. The third-order valence-corrected chi connectivity index (χ3v) is 4.61. The molecule has 116 valence electrons. The van der Waals surface area contributed by atoms with Gasteiger partial charge >= 0.3 is 0 Å². The molecule has 5 rings (SSSR count). The number of allylic oxidation sites excluding steroid dienone is 4. The fourth-order valence-corrected chi connectivity index (χ4v) is 3.49. The summed E-state index contributed by atoms with van der Waals surface area (Å²) in [4.78, 5) is 0. The zero-order valence-electron chi connectivity index (χ0n) is 13.1. The van der Waals surface area contributed by atoms with Gasteiger partial charge in [-0.25, -0.2) is 0 Å². The SMILES string of the molecule is C1=C\C=C/C2Oc3c(c4ccccc4c4ccccc34)OC2\C=C/1. The molecule has 0 bridgehead atoms. The molecular weight excluding hydrogens is 296 g/mol. The van der Waals surface area contributed by atoms with E-state index in [0.717, 1.165) is 22.3 Å². The van der Waals surface area contributed by atoms with Crippen LogP contribution in [0.15, 0.2) is 85.0 Å². The first-order chi connectivity index (χ1) is 11.9. The van der Waals surface area contributed by atoms with Gasteiger partial charge in [-0.05, 0) is 22.9 Å². The molecule has 0 N–H and O–H groups in total. The highest BCUT2D eigenvalue weighted by molar-refractivity contribution is 6.13. The third-order valence-electron chi connectivity index (χ3n) is 4.61. The molecule has 0 aromatic heterocycles. The van der Waals surface area contributed by atoms with Crippen molar-refractivity contribution in [2.45, 2.75) is 12.2 Å². The summed E-state index contributed by atoms with van der Waals surface area (Å²) in [5.41, 5.74) is 0. The van der Waals surface area contributed by atoms with Crippen molar-refractivity contribution in [2.24, 2.45) is 0 Å². The van der Waals surface area contributed by atoms with E-state index in [0.29, 0.717) is 0 Å². The lowest BCUT2D eigenvalue weighted by molar-refractivity contribution is 0.0805. The van der Waals surface area contributed by atoms with E-state index < -0.39 is 0 Å². The second kappa shape index (κ2) is 5.27. The van der Waals surface area contributed by atoms with E-state index in [1.165, 1.54) is 10.8 Å². The van der Waals surface area contributed by atoms with E-state index in [4.69, 9.17) is 9.47 Å². The van der Waals surface area contributed by atoms with E-state index >= 15 is 0 Å². The monoisotopic (exact) mass is 312 g/mol. The first-order valence-electron chi connectivity index (χ1n) is 8.20. The summed E-state index contributed by atoms with van der Waals surface area (Å²) in [6, 6.07) is 16.7. The van der Waals surface area contributed by atoms with Crippen molar-refractivity contribution in [3.8, 4) is 11.5 Å². The van der Waals surface area contributed by atoms with Crippen LogP contribution in [0.5, 0.6) is 11.5 Å². The number of benzene rings is 3. The van der Waals surface area contributed by atoms with E-state index in [2.05, 4.69) is 48.6 Å². The number of rotatable bonds is 0. The molecule has 1 heterocycles. The lowest BCUT2D eigenvalue weighted by Gasteiger charge is -2.33. The van der Waals surface area contributed by atoms with Crippen molar-refractivity contribution in [1.82, 2.24) is 0 Å². The maximum absolute atomic E-state index is 6.40. The molecule has 2 atom stereocenters. The van der Waals surface area contributed by atoms with Crippen molar-refractivity contribution in [1.29, 1.82) is 0 Å². The van der Waals surface area contributed by atoms with E-state index in [9.17, 15) is 0 Å².